The van der Waals surface area contributed by atoms with Gasteiger partial charge in [-0.15, -0.1) is 11.3 Å². The number of hydrogen-bond acceptors (Lipinski definition) is 5. The summed E-state index contributed by atoms with van der Waals surface area (Å²) in [5.74, 6) is -0.253. The summed E-state index contributed by atoms with van der Waals surface area (Å²) in [6, 6.07) is 2.17. The van der Waals surface area contributed by atoms with Crippen LogP contribution in [0.3, 0.4) is 0 Å². The monoisotopic (exact) mass is 383 g/mol. The molecule has 1 aromatic heterocycles. The fourth-order valence-electron chi connectivity index (χ4n) is 4.09. The van der Waals surface area contributed by atoms with Gasteiger partial charge in [-0.1, -0.05) is 0 Å². The number of thiophene rings is 1. The van der Waals surface area contributed by atoms with E-state index in [1.54, 1.807) is 30.1 Å². The van der Waals surface area contributed by atoms with Crippen LogP contribution in [-0.2, 0) is 31.4 Å². The number of ether oxygens (including phenoxy) is 1. The zero-order valence-electron chi connectivity index (χ0n) is 14.8. The number of hydrogen-bond donors (Lipinski definition) is 0. The van der Waals surface area contributed by atoms with Gasteiger partial charge in [-0.25, -0.2) is 8.42 Å². The number of amides is 1. The van der Waals surface area contributed by atoms with Gasteiger partial charge in [0.1, 0.15) is 10.3 Å². The van der Waals surface area contributed by atoms with Gasteiger partial charge in [-0.2, -0.15) is 0 Å². The van der Waals surface area contributed by atoms with Crippen molar-refractivity contribution in [2.24, 2.45) is 0 Å². The predicted molar refractivity (Wildman–Crippen MR) is 97.5 cm³/mol. The molecule has 0 N–H and O–H groups in total. The minimum absolute atomic E-state index is 0.253. The van der Waals surface area contributed by atoms with Crippen LogP contribution in [0.25, 0.3) is 0 Å². The average molecular weight is 384 g/mol. The van der Waals surface area contributed by atoms with Crippen LogP contribution in [0.2, 0.25) is 0 Å². The molecular weight excluding hydrogens is 358 g/mol. The van der Waals surface area contributed by atoms with Gasteiger partial charge in [0, 0.05) is 18.0 Å². The number of nitrogens with zero attached hydrogens (tertiary/aromatic N) is 1. The Morgan fingerprint density at radius 2 is 2.00 bits per heavy atom. The summed E-state index contributed by atoms with van der Waals surface area (Å²) in [7, 11) is -3.41. The number of carbonyl (C=O) groups excluding carboxylic acids is 1. The molecular formula is C18H25NO4S2. The van der Waals surface area contributed by atoms with E-state index in [-0.39, 0.29) is 16.8 Å². The summed E-state index contributed by atoms with van der Waals surface area (Å²) in [6.07, 6.45) is 3.82. The topological polar surface area (TPSA) is 63.7 Å². The van der Waals surface area contributed by atoms with Crippen molar-refractivity contribution in [1.82, 2.24) is 4.90 Å². The maximum absolute atomic E-state index is 13.0. The van der Waals surface area contributed by atoms with E-state index < -0.39 is 14.6 Å². The van der Waals surface area contributed by atoms with Gasteiger partial charge in [0.2, 0.25) is 5.91 Å². The Kier molecular flexibility index (Phi) is 4.05. The molecule has 0 radical (unpaired) electrons. The highest BCUT2D eigenvalue weighted by Crippen LogP contribution is 2.45. The second-order valence-corrected chi connectivity index (χ2v) is 11.6. The lowest BCUT2D eigenvalue weighted by Gasteiger charge is -2.45. The molecule has 5 nitrogen and oxygen atoms in total. The molecule has 2 aliphatic heterocycles. The molecule has 1 amide bonds. The summed E-state index contributed by atoms with van der Waals surface area (Å²) >= 11 is 1.74. The van der Waals surface area contributed by atoms with Crippen LogP contribution in [0.15, 0.2) is 11.4 Å². The first-order chi connectivity index (χ1) is 11.8. The van der Waals surface area contributed by atoms with E-state index in [0.717, 1.165) is 25.9 Å². The van der Waals surface area contributed by atoms with Gasteiger partial charge in [0.05, 0.1) is 11.9 Å². The van der Waals surface area contributed by atoms with Gasteiger partial charge in [0.25, 0.3) is 0 Å². The largest absolute Gasteiger partial charge is 0.369 e. The summed E-state index contributed by atoms with van der Waals surface area (Å²) in [5, 5.41) is 1.79. The lowest BCUT2D eigenvalue weighted by Crippen LogP contribution is -2.55. The highest BCUT2D eigenvalue weighted by molar-refractivity contribution is 7.94. The summed E-state index contributed by atoms with van der Waals surface area (Å²) < 4.78 is 30.1. The molecule has 3 heterocycles. The van der Waals surface area contributed by atoms with Crippen LogP contribution < -0.4 is 0 Å². The molecule has 3 aliphatic rings. The fourth-order valence-corrected chi connectivity index (χ4v) is 7.22. The van der Waals surface area contributed by atoms with Crippen LogP contribution in [0.1, 0.15) is 50.0 Å². The van der Waals surface area contributed by atoms with Crippen LogP contribution in [-0.4, -0.2) is 48.9 Å². The third-order valence-electron chi connectivity index (χ3n) is 5.96. The SMILES string of the molecule is CC(C)(C(=O)N1CCC2(CC1)OCCc1ccsc12)S(=O)(=O)C1CC1. The van der Waals surface area contributed by atoms with Gasteiger partial charge in [-0.05, 0) is 63.0 Å². The predicted octanol–water partition coefficient (Wildman–Crippen LogP) is 2.49. The molecule has 0 atom stereocenters. The van der Waals surface area contributed by atoms with E-state index >= 15 is 0 Å². The Morgan fingerprint density at radius 1 is 1.32 bits per heavy atom. The van der Waals surface area contributed by atoms with Gasteiger partial charge >= 0.3 is 0 Å². The van der Waals surface area contributed by atoms with Crippen molar-refractivity contribution in [3.8, 4) is 0 Å². The quantitative estimate of drug-likeness (QED) is 0.804. The van der Waals surface area contributed by atoms with Crippen LogP contribution >= 0.6 is 11.3 Å². The lowest BCUT2D eigenvalue weighted by atomic mass is 9.85. The third-order valence-corrected chi connectivity index (χ3v) is 10.0. The van der Waals surface area contributed by atoms with Crippen molar-refractivity contribution >= 4 is 27.1 Å². The van der Waals surface area contributed by atoms with Gasteiger partial charge in [0.15, 0.2) is 9.84 Å². The molecule has 1 aliphatic carbocycles. The number of fused-ring (bicyclic) bond motifs is 2. The second kappa shape index (κ2) is 5.79. The highest BCUT2D eigenvalue weighted by atomic mass is 32.2. The number of piperidine rings is 1. The van der Waals surface area contributed by atoms with Gasteiger partial charge < -0.3 is 9.64 Å². The fraction of sp³-hybridized carbons (Fsp3) is 0.722. The Morgan fingerprint density at radius 3 is 2.64 bits per heavy atom. The Balaban J connectivity index is 1.50. The molecule has 0 aromatic carbocycles. The van der Waals surface area contributed by atoms with Crippen molar-refractivity contribution in [2.75, 3.05) is 19.7 Å². The Bertz CT molecular complexity index is 784. The molecule has 0 bridgehead atoms. The van der Waals surface area contributed by atoms with Crippen molar-refractivity contribution in [2.45, 2.75) is 61.5 Å². The highest BCUT2D eigenvalue weighted by Gasteiger charge is 2.53. The number of carbonyl (C=O) groups is 1. The van der Waals surface area contributed by atoms with Crippen LogP contribution in [0.5, 0.6) is 0 Å². The van der Waals surface area contributed by atoms with E-state index in [0.29, 0.717) is 25.9 Å². The minimum atomic E-state index is -3.41. The summed E-state index contributed by atoms with van der Waals surface area (Å²) in [5.41, 5.74) is 1.09. The van der Waals surface area contributed by atoms with Crippen molar-refractivity contribution in [3.05, 3.63) is 21.9 Å². The third kappa shape index (κ3) is 2.66. The van der Waals surface area contributed by atoms with Crippen LogP contribution in [0.4, 0.5) is 0 Å². The molecule has 1 spiro atoms. The van der Waals surface area contributed by atoms with E-state index in [4.69, 9.17) is 4.74 Å². The number of sulfone groups is 1. The zero-order valence-corrected chi connectivity index (χ0v) is 16.4. The average Bonchev–Trinajstić information content (AvgIpc) is 3.34. The minimum Gasteiger partial charge on any atom is -0.369 e. The van der Waals surface area contributed by atoms with Gasteiger partial charge in [-0.3, -0.25) is 4.79 Å². The molecule has 1 saturated carbocycles. The summed E-state index contributed by atoms with van der Waals surface area (Å²) in [6.45, 7) is 4.97. The first kappa shape index (κ1) is 17.5. The maximum Gasteiger partial charge on any atom is 0.243 e. The first-order valence-electron chi connectivity index (χ1n) is 9.02. The van der Waals surface area contributed by atoms with E-state index in [1.165, 1.54) is 10.4 Å². The number of likely N-dealkylation sites (tertiary alicyclic amines) is 1. The first-order valence-corrected chi connectivity index (χ1v) is 11.4. The van der Waals surface area contributed by atoms with E-state index in [2.05, 4.69) is 11.4 Å². The Hall–Kier alpha value is -0.920. The smallest absolute Gasteiger partial charge is 0.243 e. The van der Waals surface area contributed by atoms with Crippen molar-refractivity contribution in [1.29, 1.82) is 0 Å². The molecule has 1 saturated heterocycles. The van der Waals surface area contributed by atoms with Crippen molar-refractivity contribution < 1.29 is 17.9 Å². The molecule has 25 heavy (non-hydrogen) atoms. The molecule has 0 unspecified atom stereocenters. The molecule has 138 valence electrons. The molecule has 1 aromatic rings. The van der Waals surface area contributed by atoms with Crippen LogP contribution in [0, 0.1) is 0 Å². The molecule has 2 fully saturated rings. The summed E-state index contributed by atoms with van der Waals surface area (Å²) in [4.78, 5) is 16.0. The standard InChI is InChI=1S/C18H25NO4S2/c1-17(2,25(21,22)14-3-4-14)16(20)19-9-7-18(8-10-19)15-13(5-11-23-18)6-12-24-15/h6,12,14H,3-5,7-11H2,1-2H3. The van der Waals surface area contributed by atoms with Crippen molar-refractivity contribution in [3.63, 3.8) is 0 Å². The lowest BCUT2D eigenvalue weighted by molar-refractivity contribution is -0.142. The molecule has 7 heteroatoms. The van der Waals surface area contributed by atoms with E-state index in [9.17, 15) is 13.2 Å². The maximum atomic E-state index is 13.0. The zero-order chi connectivity index (χ0) is 17.9. The normalized spacial score (nSPS) is 23.5. The second-order valence-electron chi connectivity index (χ2n) is 7.91. The molecule has 4 rings (SSSR count). The van der Waals surface area contributed by atoms with E-state index in [1.807, 2.05) is 0 Å². The number of rotatable bonds is 3. The Labute approximate surface area is 153 Å².